The van der Waals surface area contributed by atoms with Crippen molar-refractivity contribution in [3.63, 3.8) is 0 Å². The van der Waals surface area contributed by atoms with E-state index in [1.165, 1.54) is 12.4 Å². The molecule has 0 spiro atoms. The molecule has 0 bridgehead atoms. The molecule has 27 heavy (non-hydrogen) atoms. The van der Waals surface area contributed by atoms with E-state index >= 15 is 0 Å². The number of hydrogen-bond acceptors (Lipinski definition) is 6. The lowest BCUT2D eigenvalue weighted by Gasteiger charge is -2.15. The van der Waals surface area contributed by atoms with Crippen LogP contribution in [-0.2, 0) is 16.2 Å². The first kappa shape index (κ1) is 18.6. The second-order valence-electron chi connectivity index (χ2n) is 5.41. The fourth-order valence-electron chi connectivity index (χ4n) is 2.23. The molecule has 0 saturated heterocycles. The number of carbonyl (C=O) groups is 1. The zero-order valence-electron chi connectivity index (χ0n) is 13.4. The van der Waals surface area contributed by atoms with E-state index in [9.17, 15) is 26.4 Å². The molecule has 2 N–H and O–H groups in total. The summed E-state index contributed by atoms with van der Waals surface area (Å²) < 4.78 is 67.2. The molecule has 2 heterocycles. The molecule has 3 rings (SSSR count). The number of sulfonamides is 1. The predicted molar refractivity (Wildman–Crippen MR) is 84.7 cm³/mol. The number of nitrogens with zero attached hydrogens (tertiary/aromatic N) is 4. The Balaban J connectivity index is 2.13. The maximum Gasteiger partial charge on any atom is 0.418 e. The van der Waals surface area contributed by atoms with Gasteiger partial charge in [0, 0.05) is 12.4 Å². The number of aromatic carboxylic acids is 1. The van der Waals surface area contributed by atoms with Crippen molar-refractivity contribution < 1.29 is 31.5 Å². The van der Waals surface area contributed by atoms with Crippen LogP contribution in [-0.4, -0.2) is 39.1 Å². The number of halogens is 3. The lowest BCUT2D eigenvalue weighted by molar-refractivity contribution is -0.136. The molecular formula is C14H10F3N5O4S. The average molecular weight is 401 g/mol. The normalized spacial score (nSPS) is 12.3. The lowest BCUT2D eigenvalue weighted by atomic mass is 10.1. The molecule has 13 heteroatoms. The first-order valence-electron chi connectivity index (χ1n) is 7.14. The number of rotatable bonds is 4. The first-order chi connectivity index (χ1) is 12.5. The van der Waals surface area contributed by atoms with Crippen LogP contribution in [0.4, 0.5) is 18.9 Å². The van der Waals surface area contributed by atoms with Crippen LogP contribution < -0.4 is 4.72 Å². The summed E-state index contributed by atoms with van der Waals surface area (Å²) in [4.78, 5) is 18.8. The highest BCUT2D eigenvalue weighted by molar-refractivity contribution is 7.92. The highest BCUT2D eigenvalue weighted by Gasteiger charge is 2.37. The number of aryl methyl sites for hydroxylation is 1. The highest BCUT2D eigenvalue weighted by atomic mass is 32.2. The molecule has 0 fully saturated rings. The molecule has 142 valence electrons. The minimum atomic E-state index is -4.99. The summed E-state index contributed by atoms with van der Waals surface area (Å²) in [6.45, 7) is 1.67. The molecule has 0 amide bonds. The minimum absolute atomic E-state index is 0.0939. The van der Waals surface area contributed by atoms with Gasteiger partial charge in [0.05, 0.1) is 16.8 Å². The van der Waals surface area contributed by atoms with E-state index in [4.69, 9.17) is 5.11 Å². The Hall–Kier alpha value is -3.22. The van der Waals surface area contributed by atoms with E-state index in [2.05, 4.69) is 15.1 Å². The molecule has 0 radical (unpaired) electrons. The summed E-state index contributed by atoms with van der Waals surface area (Å²) in [7, 11) is -4.72. The third-order valence-corrected chi connectivity index (χ3v) is 4.51. The lowest BCUT2D eigenvalue weighted by Crippen LogP contribution is -2.21. The summed E-state index contributed by atoms with van der Waals surface area (Å²) in [6, 6.07) is 2.27. The van der Waals surface area contributed by atoms with Gasteiger partial charge in [-0.25, -0.2) is 14.3 Å². The van der Waals surface area contributed by atoms with Crippen molar-refractivity contribution in [2.24, 2.45) is 0 Å². The van der Waals surface area contributed by atoms with Crippen LogP contribution >= 0.6 is 0 Å². The summed E-state index contributed by atoms with van der Waals surface area (Å²) in [5.41, 5.74) is -2.81. The maximum absolute atomic E-state index is 13.2. The number of carboxylic acids is 1. The molecule has 9 nitrogen and oxygen atoms in total. The van der Waals surface area contributed by atoms with Crippen LogP contribution in [0.3, 0.4) is 0 Å². The fourth-order valence-corrected chi connectivity index (χ4v) is 3.20. The molecule has 0 aliphatic carbocycles. The van der Waals surface area contributed by atoms with Crippen molar-refractivity contribution in [1.82, 2.24) is 19.6 Å². The van der Waals surface area contributed by atoms with Gasteiger partial charge in [-0.1, -0.05) is 6.07 Å². The van der Waals surface area contributed by atoms with Gasteiger partial charge in [-0.2, -0.15) is 26.6 Å². The molecule has 0 atom stereocenters. The summed E-state index contributed by atoms with van der Waals surface area (Å²) >= 11 is 0. The molecule has 0 saturated carbocycles. The van der Waals surface area contributed by atoms with E-state index in [0.717, 1.165) is 16.6 Å². The maximum atomic E-state index is 13.2. The van der Waals surface area contributed by atoms with Crippen molar-refractivity contribution >= 4 is 27.5 Å². The van der Waals surface area contributed by atoms with Gasteiger partial charge in [0.25, 0.3) is 21.0 Å². The minimum Gasteiger partial charge on any atom is -0.478 e. The number of fused-ring (bicyclic) bond motifs is 1. The number of alkyl halides is 3. The number of carboxylic acid groups (broad SMARTS) is 1. The summed E-state index contributed by atoms with van der Waals surface area (Å²) in [6.07, 6.45) is -2.18. The Bertz CT molecular complexity index is 1160. The number of nitrogens with one attached hydrogen (secondary N) is 1. The average Bonchev–Trinajstić information content (AvgIpc) is 2.97. The molecular weight excluding hydrogens is 391 g/mol. The first-order valence-corrected chi connectivity index (χ1v) is 8.63. The van der Waals surface area contributed by atoms with Gasteiger partial charge in [-0.15, -0.1) is 5.10 Å². The van der Waals surface area contributed by atoms with Crippen molar-refractivity contribution in [2.45, 2.75) is 18.3 Å². The number of anilines is 1. The van der Waals surface area contributed by atoms with Crippen LogP contribution in [0.1, 0.15) is 21.5 Å². The number of benzene rings is 1. The van der Waals surface area contributed by atoms with Gasteiger partial charge in [-0.05, 0) is 24.6 Å². The highest BCUT2D eigenvalue weighted by Crippen LogP contribution is 2.37. The Morgan fingerprint density at radius 2 is 2.00 bits per heavy atom. The largest absolute Gasteiger partial charge is 0.478 e. The van der Waals surface area contributed by atoms with Crippen LogP contribution in [0.15, 0.2) is 35.7 Å². The molecule has 0 unspecified atom stereocenters. The van der Waals surface area contributed by atoms with E-state index in [1.807, 2.05) is 0 Å². The van der Waals surface area contributed by atoms with E-state index < -0.39 is 44.1 Å². The van der Waals surface area contributed by atoms with Crippen molar-refractivity contribution in [1.29, 1.82) is 0 Å². The Morgan fingerprint density at radius 1 is 1.30 bits per heavy atom. The van der Waals surface area contributed by atoms with Gasteiger partial charge < -0.3 is 5.11 Å². The Kier molecular flexibility index (Phi) is 4.26. The van der Waals surface area contributed by atoms with Gasteiger partial charge in [0.2, 0.25) is 0 Å². The Morgan fingerprint density at radius 3 is 2.63 bits per heavy atom. The van der Waals surface area contributed by atoms with E-state index in [1.54, 1.807) is 11.6 Å². The third-order valence-electron chi connectivity index (χ3n) is 3.38. The van der Waals surface area contributed by atoms with Crippen molar-refractivity contribution in [3.8, 4) is 0 Å². The second-order valence-corrected chi connectivity index (χ2v) is 6.98. The quantitative estimate of drug-likeness (QED) is 0.684. The smallest absolute Gasteiger partial charge is 0.418 e. The number of hydrogen-bond donors (Lipinski definition) is 2. The predicted octanol–water partition coefficient (Wildman–Crippen LogP) is 1.95. The van der Waals surface area contributed by atoms with Crippen LogP contribution in [0, 0.1) is 6.92 Å². The van der Waals surface area contributed by atoms with Gasteiger partial charge >= 0.3 is 12.1 Å². The van der Waals surface area contributed by atoms with Gasteiger partial charge in [0.15, 0.2) is 0 Å². The molecule has 2 aromatic heterocycles. The number of para-hydroxylation sites is 1. The van der Waals surface area contributed by atoms with Crippen LogP contribution in [0.25, 0.3) is 5.78 Å². The van der Waals surface area contributed by atoms with Gasteiger partial charge in [0.1, 0.15) is 0 Å². The fraction of sp³-hybridized carbons (Fsp3) is 0.143. The Labute approximate surface area is 149 Å². The molecule has 3 aromatic rings. The third kappa shape index (κ3) is 3.53. The monoisotopic (exact) mass is 401 g/mol. The summed E-state index contributed by atoms with van der Waals surface area (Å²) in [5, 5.41) is 11.9. The SMILES string of the molecule is Cc1cnc2nc(S(=O)(=O)Nc3c(C(=O)O)cccc3C(F)(F)F)nn2c1. The van der Waals surface area contributed by atoms with Crippen molar-refractivity contribution in [3.05, 3.63) is 47.3 Å². The second kappa shape index (κ2) is 6.19. The van der Waals surface area contributed by atoms with Crippen LogP contribution in [0.2, 0.25) is 0 Å². The van der Waals surface area contributed by atoms with Crippen molar-refractivity contribution in [2.75, 3.05) is 4.72 Å². The van der Waals surface area contributed by atoms with Crippen LogP contribution in [0.5, 0.6) is 0 Å². The molecule has 0 aliphatic rings. The molecule has 0 aliphatic heterocycles. The van der Waals surface area contributed by atoms with E-state index in [-0.39, 0.29) is 5.78 Å². The summed E-state index contributed by atoms with van der Waals surface area (Å²) in [5.74, 6) is -1.83. The standard InChI is InChI=1S/C14H10F3N5O4S/c1-7-5-18-12-19-13(20-22(12)6-7)27(25,26)21-10-8(11(23)24)3-2-4-9(10)14(15,16)17/h2-6,21H,1H3,(H,23,24). The zero-order chi connectivity index (χ0) is 20.0. The topological polar surface area (TPSA) is 127 Å². The van der Waals surface area contributed by atoms with Gasteiger partial charge in [-0.3, -0.25) is 4.72 Å². The molecule has 1 aromatic carbocycles. The number of aromatic nitrogens is 4. The zero-order valence-corrected chi connectivity index (χ0v) is 14.2. The van der Waals surface area contributed by atoms with E-state index in [0.29, 0.717) is 11.6 Å².